The number of halogens is 2. The fourth-order valence-electron chi connectivity index (χ4n) is 2.25. The molecule has 142 valence electrons. The van der Waals surface area contributed by atoms with Gasteiger partial charge in [-0.3, -0.25) is 14.4 Å². The number of carboxylic acids is 1. The fraction of sp³-hybridized carbons (Fsp3) is 0.375. The summed E-state index contributed by atoms with van der Waals surface area (Å²) < 4.78 is 35.1. The predicted octanol–water partition coefficient (Wildman–Crippen LogP) is 0.746. The molecular weight excluding hydrogens is 356 g/mol. The number of amides is 1. The van der Waals surface area contributed by atoms with Crippen molar-refractivity contribution in [1.82, 2.24) is 5.32 Å². The number of esters is 2. The number of carbonyl (C=O) groups is 4. The van der Waals surface area contributed by atoms with E-state index in [1.807, 2.05) is 0 Å². The van der Waals surface area contributed by atoms with Gasteiger partial charge in [-0.25, -0.2) is 13.6 Å². The highest BCUT2D eigenvalue weighted by molar-refractivity contribution is 5.98. The average Bonchev–Trinajstić information content (AvgIpc) is 2.60. The van der Waals surface area contributed by atoms with Crippen molar-refractivity contribution in [2.24, 2.45) is 11.8 Å². The summed E-state index contributed by atoms with van der Waals surface area (Å²) in [6.07, 6.45) is 0. The van der Waals surface area contributed by atoms with Gasteiger partial charge in [-0.2, -0.15) is 0 Å². The lowest BCUT2D eigenvalue weighted by Crippen LogP contribution is -2.50. The third kappa shape index (κ3) is 4.74. The monoisotopic (exact) mass is 373 g/mol. The van der Waals surface area contributed by atoms with Crippen LogP contribution in [0.4, 0.5) is 8.78 Å². The number of methoxy groups -OCH3 is 2. The van der Waals surface area contributed by atoms with Gasteiger partial charge in [0.1, 0.15) is 6.04 Å². The average molecular weight is 373 g/mol. The van der Waals surface area contributed by atoms with Crippen LogP contribution in [0.5, 0.6) is 0 Å². The van der Waals surface area contributed by atoms with Crippen LogP contribution in [0.25, 0.3) is 0 Å². The molecule has 0 fully saturated rings. The first-order valence-electron chi connectivity index (χ1n) is 7.28. The molecule has 0 spiro atoms. The molecule has 26 heavy (non-hydrogen) atoms. The van der Waals surface area contributed by atoms with Crippen LogP contribution >= 0.6 is 0 Å². The molecule has 0 bridgehead atoms. The summed E-state index contributed by atoms with van der Waals surface area (Å²) in [5.74, 6) is -10.0. The first kappa shape index (κ1) is 21.0. The van der Waals surface area contributed by atoms with Crippen molar-refractivity contribution >= 4 is 23.8 Å². The Bertz CT molecular complexity index is 707. The van der Waals surface area contributed by atoms with Crippen LogP contribution in [0, 0.1) is 23.5 Å². The molecule has 8 nitrogen and oxygen atoms in total. The quantitative estimate of drug-likeness (QED) is 0.535. The number of aliphatic carboxylic acids is 1. The highest BCUT2D eigenvalue weighted by atomic mass is 19.2. The Hall–Kier alpha value is -3.04. The lowest BCUT2D eigenvalue weighted by atomic mass is 9.87. The Morgan fingerprint density at radius 1 is 1.04 bits per heavy atom. The molecule has 0 aliphatic rings. The molecule has 1 rings (SSSR count). The molecule has 1 aromatic carbocycles. The normalized spacial score (nSPS) is 12.8. The van der Waals surface area contributed by atoms with Crippen molar-refractivity contribution in [1.29, 1.82) is 0 Å². The van der Waals surface area contributed by atoms with Crippen molar-refractivity contribution < 1.29 is 42.5 Å². The van der Waals surface area contributed by atoms with Gasteiger partial charge in [0, 0.05) is 11.5 Å². The predicted molar refractivity (Wildman–Crippen MR) is 81.9 cm³/mol. The van der Waals surface area contributed by atoms with Crippen LogP contribution in [0.1, 0.15) is 17.3 Å². The van der Waals surface area contributed by atoms with Gasteiger partial charge in [-0.1, -0.05) is 6.92 Å². The van der Waals surface area contributed by atoms with Gasteiger partial charge in [-0.15, -0.1) is 0 Å². The van der Waals surface area contributed by atoms with E-state index in [1.165, 1.54) is 6.92 Å². The Morgan fingerprint density at radius 3 is 2.00 bits per heavy atom. The second-order valence-corrected chi connectivity index (χ2v) is 5.30. The Morgan fingerprint density at radius 2 is 1.58 bits per heavy atom. The second-order valence-electron chi connectivity index (χ2n) is 5.30. The smallest absolute Gasteiger partial charge is 0.326 e. The molecule has 1 aromatic rings. The van der Waals surface area contributed by atoms with E-state index in [0.717, 1.165) is 20.3 Å². The van der Waals surface area contributed by atoms with E-state index < -0.39 is 53.3 Å². The third-order valence-electron chi connectivity index (χ3n) is 3.70. The minimum Gasteiger partial charge on any atom is -0.480 e. The Labute approximate surface area is 147 Å². The molecule has 0 aliphatic heterocycles. The summed E-state index contributed by atoms with van der Waals surface area (Å²) in [7, 11) is 2.00. The molecule has 0 aliphatic carbocycles. The summed E-state index contributed by atoms with van der Waals surface area (Å²) in [5, 5.41) is 11.4. The Kier molecular flexibility index (Phi) is 7.17. The van der Waals surface area contributed by atoms with Gasteiger partial charge in [0.25, 0.3) is 5.91 Å². The van der Waals surface area contributed by atoms with Gasteiger partial charge in [0.15, 0.2) is 17.6 Å². The first-order chi connectivity index (χ1) is 12.1. The number of rotatable bonds is 7. The summed E-state index contributed by atoms with van der Waals surface area (Å²) in [4.78, 5) is 47.2. The van der Waals surface area contributed by atoms with Gasteiger partial charge in [-0.05, 0) is 18.2 Å². The maximum Gasteiger partial charge on any atom is 0.326 e. The van der Waals surface area contributed by atoms with E-state index in [4.69, 9.17) is 0 Å². The van der Waals surface area contributed by atoms with Crippen molar-refractivity contribution in [2.75, 3.05) is 14.2 Å². The highest BCUT2D eigenvalue weighted by Crippen LogP contribution is 2.20. The van der Waals surface area contributed by atoms with E-state index >= 15 is 0 Å². The van der Waals surface area contributed by atoms with Gasteiger partial charge in [0.2, 0.25) is 0 Å². The van der Waals surface area contributed by atoms with Crippen molar-refractivity contribution in [3.63, 3.8) is 0 Å². The van der Waals surface area contributed by atoms with Gasteiger partial charge >= 0.3 is 17.9 Å². The summed E-state index contributed by atoms with van der Waals surface area (Å²) in [6.45, 7) is 1.23. The van der Waals surface area contributed by atoms with E-state index in [0.29, 0.717) is 12.1 Å². The molecule has 2 atom stereocenters. The molecule has 0 saturated carbocycles. The van der Waals surface area contributed by atoms with Crippen molar-refractivity contribution in [2.45, 2.75) is 13.0 Å². The number of benzene rings is 1. The number of ether oxygens (including phenoxy) is 2. The topological polar surface area (TPSA) is 119 Å². The van der Waals surface area contributed by atoms with E-state index in [-0.39, 0.29) is 5.56 Å². The number of hydrogen-bond acceptors (Lipinski definition) is 6. The fourth-order valence-corrected chi connectivity index (χ4v) is 2.25. The number of nitrogens with one attached hydrogen (secondary N) is 1. The lowest BCUT2D eigenvalue weighted by molar-refractivity contribution is -0.162. The maximum atomic E-state index is 13.2. The molecule has 0 heterocycles. The van der Waals surface area contributed by atoms with Crippen LogP contribution in [0.15, 0.2) is 18.2 Å². The van der Waals surface area contributed by atoms with Crippen LogP contribution in [0.2, 0.25) is 0 Å². The molecule has 0 unspecified atom stereocenters. The first-order valence-corrected chi connectivity index (χ1v) is 7.28. The van der Waals surface area contributed by atoms with Crippen LogP contribution in [-0.2, 0) is 23.9 Å². The zero-order valence-electron chi connectivity index (χ0n) is 14.1. The second kappa shape index (κ2) is 8.88. The molecular formula is C16H17F2NO7. The molecule has 2 N–H and O–H groups in total. The lowest BCUT2D eigenvalue weighted by Gasteiger charge is -2.26. The van der Waals surface area contributed by atoms with Crippen molar-refractivity contribution in [3.05, 3.63) is 35.4 Å². The third-order valence-corrected chi connectivity index (χ3v) is 3.70. The highest BCUT2D eigenvalue weighted by Gasteiger charge is 2.42. The molecule has 0 saturated heterocycles. The van der Waals surface area contributed by atoms with Crippen molar-refractivity contribution in [3.8, 4) is 0 Å². The minimum atomic E-state index is -1.71. The van der Waals surface area contributed by atoms with E-state index in [1.54, 1.807) is 0 Å². The van der Waals surface area contributed by atoms with Gasteiger partial charge < -0.3 is 19.9 Å². The van der Waals surface area contributed by atoms with E-state index in [2.05, 4.69) is 14.8 Å². The zero-order chi connectivity index (χ0) is 20.0. The minimum absolute atomic E-state index is 0.338. The SMILES string of the molecule is COC(=O)C(C(=O)OC)[C@@H](C)[C@H](NC(=O)c1ccc(F)c(F)c1)C(=O)O. The number of hydrogen-bond donors (Lipinski definition) is 2. The zero-order valence-corrected chi connectivity index (χ0v) is 14.1. The molecule has 1 amide bonds. The summed E-state index contributed by atoms with van der Waals surface area (Å²) in [5.41, 5.74) is -0.338. The molecule has 10 heteroatoms. The summed E-state index contributed by atoms with van der Waals surface area (Å²) >= 11 is 0. The maximum absolute atomic E-state index is 13.2. The standard InChI is InChI=1S/C16H17F2NO7/c1-7(11(15(23)25-2)16(24)26-3)12(14(21)22)19-13(20)8-4-5-9(17)10(18)6-8/h4-7,11-12H,1-3H3,(H,19,20)(H,21,22)/t7-,12+/m1/s1. The van der Waals surface area contributed by atoms with Crippen LogP contribution in [-0.4, -0.2) is 49.2 Å². The van der Waals surface area contributed by atoms with E-state index in [9.17, 15) is 33.1 Å². The Balaban J connectivity index is 3.11. The largest absolute Gasteiger partial charge is 0.480 e. The number of carbonyl (C=O) groups excluding carboxylic acids is 3. The number of carboxylic acid groups (broad SMARTS) is 1. The summed E-state index contributed by atoms with van der Waals surface area (Å²) in [6, 6.07) is 0.538. The van der Waals surface area contributed by atoms with Crippen LogP contribution in [0.3, 0.4) is 0 Å². The van der Waals surface area contributed by atoms with Crippen LogP contribution < -0.4 is 5.32 Å². The van der Waals surface area contributed by atoms with Gasteiger partial charge in [0.05, 0.1) is 14.2 Å². The molecule has 0 radical (unpaired) electrons. The molecule has 0 aromatic heterocycles.